The number of carbonyl (C=O) groups is 4. The zero-order chi connectivity index (χ0) is 26.1. The van der Waals surface area contributed by atoms with Crippen molar-refractivity contribution in [2.75, 3.05) is 30.0 Å². The molecule has 3 rings (SSSR count). The molecule has 1 heterocycles. The third-order valence-corrected chi connectivity index (χ3v) is 6.42. The molecule has 1 N–H and O–H groups in total. The van der Waals surface area contributed by atoms with Crippen molar-refractivity contribution in [1.29, 1.82) is 0 Å². The highest BCUT2D eigenvalue weighted by atomic mass is 79.9. The summed E-state index contributed by atoms with van der Waals surface area (Å²) in [7, 11) is 0. The van der Waals surface area contributed by atoms with Crippen LogP contribution in [-0.4, -0.2) is 43.5 Å². The van der Waals surface area contributed by atoms with Crippen LogP contribution in [0, 0.1) is 5.92 Å². The van der Waals surface area contributed by atoms with Gasteiger partial charge >= 0.3 is 11.9 Å². The molecular weight excluding hydrogens is 528 g/mol. The van der Waals surface area contributed by atoms with Crippen LogP contribution in [0.3, 0.4) is 0 Å². The van der Waals surface area contributed by atoms with E-state index in [1.165, 1.54) is 4.90 Å². The molecule has 0 unspecified atom stereocenters. The molecule has 0 aliphatic carbocycles. The molecular formula is C27H31BrN2O6. The van der Waals surface area contributed by atoms with Gasteiger partial charge in [0.15, 0.2) is 6.61 Å². The molecule has 0 aromatic heterocycles. The molecule has 1 atom stereocenters. The molecule has 0 saturated carbocycles. The maximum absolute atomic E-state index is 12.5. The third-order valence-electron chi connectivity index (χ3n) is 5.92. The predicted molar refractivity (Wildman–Crippen MR) is 140 cm³/mol. The van der Waals surface area contributed by atoms with Crippen LogP contribution in [0.25, 0.3) is 0 Å². The predicted octanol–water partition coefficient (Wildman–Crippen LogP) is 4.89. The number of nitrogens with one attached hydrogen (secondary N) is 1. The third kappa shape index (κ3) is 7.40. The number of hydrogen-bond donors (Lipinski definition) is 1. The Morgan fingerprint density at radius 2 is 1.81 bits per heavy atom. The lowest BCUT2D eigenvalue weighted by Crippen LogP contribution is -2.28. The monoisotopic (exact) mass is 558 g/mol. The van der Waals surface area contributed by atoms with Crippen LogP contribution < -0.4 is 10.2 Å². The van der Waals surface area contributed by atoms with Gasteiger partial charge in [-0.15, -0.1) is 0 Å². The van der Waals surface area contributed by atoms with E-state index in [0.717, 1.165) is 35.7 Å². The Balaban J connectivity index is 1.50. The number of unbranched alkanes of at least 4 members (excludes halogenated alkanes) is 2. The Bertz CT molecular complexity index is 1100. The van der Waals surface area contributed by atoms with Crippen LogP contribution >= 0.6 is 15.9 Å². The number of benzene rings is 2. The van der Waals surface area contributed by atoms with E-state index >= 15 is 0 Å². The number of anilines is 2. The van der Waals surface area contributed by atoms with Gasteiger partial charge in [0.1, 0.15) is 0 Å². The number of hydrogen-bond acceptors (Lipinski definition) is 6. The lowest BCUT2D eigenvalue weighted by molar-refractivity contribution is -0.151. The lowest BCUT2D eigenvalue weighted by Gasteiger charge is -2.17. The van der Waals surface area contributed by atoms with Crippen molar-refractivity contribution >= 4 is 51.1 Å². The van der Waals surface area contributed by atoms with Crippen LogP contribution in [-0.2, 0) is 30.3 Å². The van der Waals surface area contributed by atoms with Crippen LogP contribution in [0.4, 0.5) is 11.4 Å². The highest BCUT2D eigenvalue weighted by molar-refractivity contribution is 9.10. The number of aryl methyl sites for hydroxylation is 1. The summed E-state index contributed by atoms with van der Waals surface area (Å²) in [6.07, 6.45) is 3.60. The molecule has 1 fully saturated rings. The van der Waals surface area contributed by atoms with E-state index in [4.69, 9.17) is 9.47 Å². The van der Waals surface area contributed by atoms with E-state index in [1.54, 1.807) is 30.3 Å². The second-order valence-electron chi connectivity index (χ2n) is 8.61. The summed E-state index contributed by atoms with van der Waals surface area (Å²) in [5.41, 5.74) is 2.60. The van der Waals surface area contributed by atoms with E-state index < -0.39 is 30.4 Å². The van der Waals surface area contributed by atoms with Gasteiger partial charge in [-0.05, 0) is 60.9 Å². The fourth-order valence-corrected chi connectivity index (χ4v) is 4.32. The van der Waals surface area contributed by atoms with Crippen molar-refractivity contribution in [3.8, 4) is 0 Å². The Morgan fingerprint density at radius 1 is 1.06 bits per heavy atom. The molecule has 1 aliphatic heterocycles. The molecule has 9 heteroatoms. The second kappa shape index (κ2) is 13.2. The number of halogens is 1. The first-order valence-electron chi connectivity index (χ1n) is 12.1. The molecule has 2 amide bonds. The van der Waals surface area contributed by atoms with Crippen LogP contribution in [0.1, 0.15) is 55.5 Å². The van der Waals surface area contributed by atoms with Crippen molar-refractivity contribution in [3.05, 3.63) is 58.1 Å². The average molecular weight is 559 g/mol. The van der Waals surface area contributed by atoms with Gasteiger partial charge in [-0.2, -0.15) is 0 Å². The van der Waals surface area contributed by atoms with Gasteiger partial charge in [0, 0.05) is 28.8 Å². The molecule has 0 bridgehead atoms. The molecule has 2 aromatic carbocycles. The number of esters is 2. The number of nitrogens with zero attached hydrogens (tertiary/aromatic N) is 1. The van der Waals surface area contributed by atoms with Gasteiger partial charge in [0.2, 0.25) is 5.91 Å². The number of carbonyl (C=O) groups excluding carboxylic acids is 4. The van der Waals surface area contributed by atoms with Crippen molar-refractivity contribution in [2.45, 2.75) is 46.0 Å². The van der Waals surface area contributed by atoms with Gasteiger partial charge in [-0.3, -0.25) is 14.4 Å². The molecule has 36 heavy (non-hydrogen) atoms. The first-order chi connectivity index (χ1) is 17.3. The van der Waals surface area contributed by atoms with E-state index in [1.807, 2.05) is 19.1 Å². The summed E-state index contributed by atoms with van der Waals surface area (Å²) >= 11 is 3.41. The largest absolute Gasteiger partial charge is 0.462 e. The Hall–Kier alpha value is -3.20. The standard InChI is InChI=1S/C27H31BrN2O6/c1-3-5-6-13-35-26(33)19-7-10-22(11-8-19)30-16-20(15-25(30)32)27(34)36-17-24(31)29-23-12-9-21(28)14-18(23)4-2/h7-12,14,20H,3-6,13,15-17H2,1-2H3,(H,29,31)/t20-/m0/s1. The first kappa shape index (κ1) is 27.4. The summed E-state index contributed by atoms with van der Waals surface area (Å²) in [5, 5.41) is 2.76. The fraction of sp³-hybridized carbons (Fsp3) is 0.407. The van der Waals surface area contributed by atoms with Gasteiger partial charge < -0.3 is 19.7 Å². The SMILES string of the molecule is CCCCCOC(=O)c1ccc(N2C[C@@H](C(=O)OCC(=O)Nc3ccc(Br)cc3CC)CC2=O)cc1. The summed E-state index contributed by atoms with van der Waals surface area (Å²) in [4.78, 5) is 51.0. The van der Waals surface area contributed by atoms with E-state index in [-0.39, 0.29) is 18.9 Å². The fourth-order valence-electron chi connectivity index (χ4n) is 3.91. The highest BCUT2D eigenvalue weighted by Gasteiger charge is 2.36. The van der Waals surface area contributed by atoms with Crippen LogP contribution in [0.15, 0.2) is 46.9 Å². The highest BCUT2D eigenvalue weighted by Crippen LogP contribution is 2.27. The maximum atomic E-state index is 12.5. The Kier molecular flexibility index (Phi) is 10.0. The average Bonchev–Trinajstić information content (AvgIpc) is 3.27. The van der Waals surface area contributed by atoms with Gasteiger partial charge in [-0.25, -0.2) is 4.79 Å². The molecule has 192 valence electrons. The summed E-state index contributed by atoms with van der Waals surface area (Å²) in [6.45, 7) is 4.15. The molecule has 0 radical (unpaired) electrons. The van der Waals surface area contributed by atoms with E-state index in [2.05, 4.69) is 28.2 Å². The summed E-state index contributed by atoms with van der Waals surface area (Å²) in [5.74, 6) is -2.34. The van der Waals surface area contributed by atoms with Crippen LogP contribution in [0.2, 0.25) is 0 Å². The van der Waals surface area contributed by atoms with Crippen molar-refractivity contribution < 1.29 is 28.7 Å². The van der Waals surface area contributed by atoms with E-state index in [0.29, 0.717) is 23.5 Å². The second-order valence-corrected chi connectivity index (χ2v) is 9.52. The molecule has 0 spiro atoms. The van der Waals surface area contributed by atoms with Gasteiger partial charge in [0.25, 0.3) is 5.91 Å². The summed E-state index contributed by atoms with van der Waals surface area (Å²) in [6, 6.07) is 12.1. The zero-order valence-electron chi connectivity index (χ0n) is 20.6. The maximum Gasteiger partial charge on any atom is 0.338 e. The van der Waals surface area contributed by atoms with Crippen molar-refractivity contribution in [1.82, 2.24) is 0 Å². The smallest absolute Gasteiger partial charge is 0.338 e. The summed E-state index contributed by atoms with van der Waals surface area (Å²) < 4.78 is 11.4. The van der Waals surface area contributed by atoms with Gasteiger partial charge in [-0.1, -0.05) is 42.6 Å². The zero-order valence-corrected chi connectivity index (χ0v) is 22.1. The lowest BCUT2D eigenvalue weighted by atomic mass is 10.1. The number of ether oxygens (including phenoxy) is 2. The molecule has 1 aliphatic rings. The minimum atomic E-state index is -0.674. The van der Waals surface area contributed by atoms with E-state index in [9.17, 15) is 19.2 Å². The first-order valence-corrected chi connectivity index (χ1v) is 12.9. The normalized spacial score (nSPS) is 15.0. The Labute approximate surface area is 219 Å². The minimum absolute atomic E-state index is 0.00559. The molecule has 8 nitrogen and oxygen atoms in total. The van der Waals surface area contributed by atoms with Crippen LogP contribution in [0.5, 0.6) is 0 Å². The molecule has 2 aromatic rings. The quantitative estimate of drug-likeness (QED) is 0.311. The topological polar surface area (TPSA) is 102 Å². The Morgan fingerprint density at radius 3 is 2.50 bits per heavy atom. The number of amides is 2. The van der Waals surface area contributed by atoms with Gasteiger partial charge in [0.05, 0.1) is 18.1 Å². The molecule has 1 saturated heterocycles. The van der Waals surface area contributed by atoms with Crippen molar-refractivity contribution in [2.24, 2.45) is 5.92 Å². The minimum Gasteiger partial charge on any atom is -0.462 e. The van der Waals surface area contributed by atoms with Crippen molar-refractivity contribution in [3.63, 3.8) is 0 Å². The number of rotatable bonds is 11.